The molecule has 1 rings (SSSR count). The fraction of sp³-hybridized carbons (Fsp3) is 0.500. The van der Waals surface area contributed by atoms with E-state index in [-0.39, 0.29) is 0 Å². The minimum atomic E-state index is -3.26. The van der Waals surface area contributed by atoms with Crippen molar-refractivity contribution in [1.29, 1.82) is 0 Å². The molecule has 1 aromatic rings. The molecule has 0 heterocycles. The average molecular weight is 272 g/mol. The lowest BCUT2D eigenvalue weighted by molar-refractivity contribution is 0.171. The van der Waals surface area contributed by atoms with Gasteiger partial charge in [-0.2, -0.15) is 0 Å². The second kappa shape index (κ2) is 6.17. The molecule has 0 spiro atoms. The van der Waals surface area contributed by atoms with Crippen molar-refractivity contribution in [3.8, 4) is 0 Å². The normalized spacial score (nSPS) is 13.6. The predicted octanol–water partition coefficient (Wildman–Crippen LogP) is 1.09. The number of rotatable bonds is 6. The van der Waals surface area contributed by atoms with Crippen molar-refractivity contribution in [2.24, 2.45) is 0 Å². The van der Waals surface area contributed by atoms with Crippen LogP contribution in [-0.2, 0) is 10.0 Å². The highest BCUT2D eigenvalue weighted by Gasteiger charge is 2.08. The lowest BCUT2D eigenvalue weighted by Gasteiger charge is -2.14. The highest BCUT2D eigenvalue weighted by molar-refractivity contribution is 7.92. The van der Waals surface area contributed by atoms with Gasteiger partial charge < -0.3 is 10.4 Å². The van der Waals surface area contributed by atoms with E-state index in [1.807, 2.05) is 13.8 Å². The van der Waals surface area contributed by atoms with E-state index in [2.05, 4.69) is 10.0 Å². The zero-order chi connectivity index (χ0) is 13.8. The van der Waals surface area contributed by atoms with Crippen molar-refractivity contribution in [3.63, 3.8) is 0 Å². The quantitative estimate of drug-likeness (QED) is 0.724. The number of aliphatic hydroxyl groups is 1. The third-order valence-electron chi connectivity index (χ3n) is 2.32. The van der Waals surface area contributed by atoms with E-state index in [0.29, 0.717) is 18.3 Å². The monoisotopic (exact) mass is 272 g/mol. The molecule has 5 nitrogen and oxygen atoms in total. The van der Waals surface area contributed by atoms with Crippen LogP contribution in [-0.4, -0.2) is 32.4 Å². The molecule has 0 unspecified atom stereocenters. The second-order valence-electron chi connectivity index (χ2n) is 4.57. The zero-order valence-corrected chi connectivity index (χ0v) is 11.7. The molecule has 6 heteroatoms. The summed E-state index contributed by atoms with van der Waals surface area (Å²) in [5.74, 6) is 0. The van der Waals surface area contributed by atoms with Gasteiger partial charge in [0.1, 0.15) is 0 Å². The Morgan fingerprint density at radius 1 is 1.22 bits per heavy atom. The summed E-state index contributed by atoms with van der Waals surface area (Å²) in [4.78, 5) is 0. The van der Waals surface area contributed by atoms with Gasteiger partial charge in [-0.25, -0.2) is 8.42 Å². The Morgan fingerprint density at radius 2 is 1.78 bits per heavy atom. The highest BCUT2D eigenvalue weighted by Crippen LogP contribution is 2.16. The fourth-order valence-corrected chi connectivity index (χ4v) is 2.02. The van der Waals surface area contributed by atoms with E-state index in [0.717, 1.165) is 11.8 Å². The molecule has 18 heavy (non-hydrogen) atoms. The first-order chi connectivity index (χ1) is 8.28. The minimum Gasteiger partial charge on any atom is -0.387 e. The summed E-state index contributed by atoms with van der Waals surface area (Å²) < 4.78 is 24.4. The molecule has 0 amide bonds. The minimum absolute atomic E-state index is 0.311. The van der Waals surface area contributed by atoms with E-state index < -0.39 is 16.1 Å². The van der Waals surface area contributed by atoms with Gasteiger partial charge >= 0.3 is 0 Å². The molecule has 0 saturated heterocycles. The average Bonchev–Trinajstić information content (AvgIpc) is 2.24. The maximum Gasteiger partial charge on any atom is 0.229 e. The molecule has 0 aromatic heterocycles. The summed E-state index contributed by atoms with van der Waals surface area (Å²) >= 11 is 0. The maximum absolute atomic E-state index is 11.0. The van der Waals surface area contributed by atoms with Gasteiger partial charge in [-0.1, -0.05) is 26.0 Å². The Kier molecular flexibility index (Phi) is 5.13. The van der Waals surface area contributed by atoms with Crippen molar-refractivity contribution in [2.45, 2.75) is 26.0 Å². The lowest BCUT2D eigenvalue weighted by Crippen LogP contribution is -2.27. The van der Waals surface area contributed by atoms with Crippen molar-refractivity contribution in [2.75, 3.05) is 17.5 Å². The van der Waals surface area contributed by atoms with Crippen molar-refractivity contribution in [3.05, 3.63) is 29.8 Å². The topological polar surface area (TPSA) is 78.4 Å². The van der Waals surface area contributed by atoms with Crippen LogP contribution in [0.1, 0.15) is 25.5 Å². The molecular formula is C12H20N2O3S. The van der Waals surface area contributed by atoms with Gasteiger partial charge in [0.15, 0.2) is 0 Å². The summed E-state index contributed by atoms with van der Waals surface area (Å²) in [5.41, 5.74) is 1.24. The van der Waals surface area contributed by atoms with Crippen LogP contribution in [0.15, 0.2) is 24.3 Å². The Morgan fingerprint density at radius 3 is 2.22 bits per heavy atom. The number of hydrogen-bond acceptors (Lipinski definition) is 4. The molecule has 0 fully saturated rings. The molecule has 0 radical (unpaired) electrons. The van der Waals surface area contributed by atoms with Crippen LogP contribution in [0.4, 0.5) is 5.69 Å². The molecule has 3 N–H and O–H groups in total. The van der Waals surface area contributed by atoms with Gasteiger partial charge in [0.2, 0.25) is 10.0 Å². The van der Waals surface area contributed by atoms with Gasteiger partial charge in [0.05, 0.1) is 12.4 Å². The first kappa shape index (κ1) is 14.9. The SMILES string of the molecule is CC(C)NC[C@@H](O)c1ccc(NS(C)(=O)=O)cc1. The number of aliphatic hydroxyl groups excluding tert-OH is 1. The van der Waals surface area contributed by atoms with Gasteiger partial charge in [-0.15, -0.1) is 0 Å². The van der Waals surface area contributed by atoms with Crippen LogP contribution >= 0.6 is 0 Å². The van der Waals surface area contributed by atoms with Crippen LogP contribution in [0.5, 0.6) is 0 Å². The first-order valence-corrected chi connectivity index (χ1v) is 7.66. The summed E-state index contributed by atoms with van der Waals surface area (Å²) in [6, 6.07) is 7.00. The highest BCUT2D eigenvalue weighted by atomic mass is 32.2. The van der Waals surface area contributed by atoms with Gasteiger partial charge in [-0.05, 0) is 17.7 Å². The van der Waals surface area contributed by atoms with Gasteiger partial charge in [0.25, 0.3) is 0 Å². The van der Waals surface area contributed by atoms with E-state index in [1.165, 1.54) is 0 Å². The van der Waals surface area contributed by atoms with Crippen LogP contribution in [0.2, 0.25) is 0 Å². The molecule has 0 aliphatic heterocycles. The maximum atomic E-state index is 11.0. The Balaban J connectivity index is 2.65. The summed E-state index contributed by atoms with van der Waals surface area (Å²) in [6.07, 6.45) is 0.502. The molecule has 0 aliphatic carbocycles. The van der Waals surface area contributed by atoms with Gasteiger partial charge in [0, 0.05) is 18.3 Å². The van der Waals surface area contributed by atoms with Gasteiger partial charge in [-0.3, -0.25) is 4.72 Å². The number of nitrogens with one attached hydrogen (secondary N) is 2. The number of hydrogen-bond donors (Lipinski definition) is 3. The molecule has 0 saturated carbocycles. The largest absolute Gasteiger partial charge is 0.387 e. The van der Waals surface area contributed by atoms with E-state index in [9.17, 15) is 13.5 Å². The smallest absolute Gasteiger partial charge is 0.229 e. The van der Waals surface area contributed by atoms with Crippen molar-refractivity contribution in [1.82, 2.24) is 5.32 Å². The Hall–Kier alpha value is -1.11. The van der Waals surface area contributed by atoms with E-state index in [1.54, 1.807) is 24.3 Å². The lowest BCUT2D eigenvalue weighted by atomic mass is 10.1. The zero-order valence-electron chi connectivity index (χ0n) is 10.8. The number of benzene rings is 1. The van der Waals surface area contributed by atoms with E-state index in [4.69, 9.17) is 0 Å². The molecule has 1 atom stereocenters. The van der Waals surface area contributed by atoms with Crippen LogP contribution in [0, 0.1) is 0 Å². The number of anilines is 1. The molecule has 0 bridgehead atoms. The molecule has 102 valence electrons. The number of sulfonamides is 1. The van der Waals surface area contributed by atoms with Crippen LogP contribution in [0.3, 0.4) is 0 Å². The Bertz CT molecular complexity index is 469. The summed E-state index contributed by atoms with van der Waals surface area (Å²) in [7, 11) is -3.26. The van der Waals surface area contributed by atoms with Crippen LogP contribution in [0.25, 0.3) is 0 Å². The first-order valence-electron chi connectivity index (χ1n) is 5.77. The molecule has 0 aliphatic rings. The Labute approximate surface area is 108 Å². The standard InChI is InChI=1S/C12H20N2O3S/c1-9(2)13-8-12(15)10-4-6-11(7-5-10)14-18(3,16)17/h4-7,9,12-15H,8H2,1-3H3/t12-/m1/s1. The summed E-state index contributed by atoms with van der Waals surface area (Å²) in [6.45, 7) is 4.48. The van der Waals surface area contributed by atoms with Crippen molar-refractivity contribution < 1.29 is 13.5 Å². The fourth-order valence-electron chi connectivity index (χ4n) is 1.45. The second-order valence-corrected chi connectivity index (χ2v) is 6.32. The molecule has 1 aromatic carbocycles. The third kappa shape index (κ3) is 5.48. The molecular weight excluding hydrogens is 252 g/mol. The third-order valence-corrected chi connectivity index (χ3v) is 2.92. The summed E-state index contributed by atoms with van der Waals surface area (Å²) in [5, 5.41) is 13.0. The predicted molar refractivity (Wildman–Crippen MR) is 73.0 cm³/mol. The van der Waals surface area contributed by atoms with Crippen molar-refractivity contribution >= 4 is 15.7 Å². The van der Waals surface area contributed by atoms with Crippen LogP contribution < -0.4 is 10.0 Å². The van der Waals surface area contributed by atoms with E-state index >= 15 is 0 Å².